The van der Waals surface area contributed by atoms with Gasteiger partial charge in [-0.05, 0) is 20.8 Å². The fraction of sp³-hybridized carbons (Fsp3) is 0.235. The summed E-state index contributed by atoms with van der Waals surface area (Å²) in [5, 5.41) is 10.9. The largest absolute Gasteiger partial charge is 0.478 e. The third-order valence-corrected chi connectivity index (χ3v) is 4.57. The minimum atomic E-state index is -1.10. The van der Waals surface area contributed by atoms with E-state index in [0.717, 1.165) is 11.1 Å². The third kappa shape index (κ3) is 2.55. The number of hydrogen-bond donors (Lipinski definition) is 1. The van der Waals surface area contributed by atoms with Gasteiger partial charge in [-0.3, -0.25) is 9.36 Å². The summed E-state index contributed by atoms with van der Waals surface area (Å²) in [5.74, 6) is -0.537. The average Bonchev–Trinajstić information content (AvgIpc) is 2.92. The number of carbonyl (C=O) groups is 1. The van der Waals surface area contributed by atoms with E-state index in [1.807, 2.05) is 45.0 Å². The van der Waals surface area contributed by atoms with Gasteiger partial charge in [0.2, 0.25) is 0 Å². The Morgan fingerprint density at radius 2 is 1.91 bits per heavy atom. The van der Waals surface area contributed by atoms with Crippen molar-refractivity contribution in [1.82, 2.24) is 9.55 Å². The Bertz CT molecular complexity index is 952. The van der Waals surface area contributed by atoms with Crippen LogP contribution in [0.15, 0.2) is 34.4 Å². The number of benzene rings is 1. The molecule has 0 amide bonds. The standard InChI is InChI=1S/C17H16N2O3S/c1-9(2)19-14(11-6-4-10(3)5-7-11)18-15-13(16(19)20)12(8-23-15)17(21)22/h4-9H,1-3H3,(H,21,22). The average molecular weight is 328 g/mol. The number of rotatable bonds is 3. The van der Waals surface area contributed by atoms with Gasteiger partial charge in [-0.2, -0.15) is 0 Å². The van der Waals surface area contributed by atoms with Crippen molar-refractivity contribution in [2.75, 3.05) is 0 Å². The van der Waals surface area contributed by atoms with Crippen LogP contribution in [0.1, 0.15) is 35.8 Å². The van der Waals surface area contributed by atoms with Crippen LogP contribution < -0.4 is 5.56 Å². The molecule has 0 saturated heterocycles. The van der Waals surface area contributed by atoms with E-state index in [9.17, 15) is 14.7 Å². The van der Waals surface area contributed by atoms with Gasteiger partial charge in [-0.1, -0.05) is 29.8 Å². The van der Waals surface area contributed by atoms with Gasteiger partial charge >= 0.3 is 5.97 Å². The Labute approximate surface area is 136 Å². The van der Waals surface area contributed by atoms with Gasteiger partial charge < -0.3 is 5.11 Å². The lowest BCUT2D eigenvalue weighted by molar-refractivity contribution is 0.0699. The molecule has 0 saturated carbocycles. The van der Waals surface area contributed by atoms with E-state index < -0.39 is 5.97 Å². The predicted molar refractivity (Wildman–Crippen MR) is 91.4 cm³/mol. The van der Waals surface area contributed by atoms with Crippen molar-refractivity contribution in [2.24, 2.45) is 0 Å². The maximum atomic E-state index is 12.9. The van der Waals surface area contributed by atoms with E-state index in [1.54, 1.807) is 4.57 Å². The van der Waals surface area contributed by atoms with Crippen molar-refractivity contribution >= 4 is 27.5 Å². The van der Waals surface area contributed by atoms with Crippen LogP contribution in [0.3, 0.4) is 0 Å². The van der Waals surface area contributed by atoms with E-state index in [2.05, 4.69) is 4.98 Å². The SMILES string of the molecule is Cc1ccc(-c2nc3scc(C(=O)O)c3c(=O)n2C(C)C)cc1. The molecule has 23 heavy (non-hydrogen) atoms. The molecule has 0 aliphatic heterocycles. The lowest BCUT2D eigenvalue weighted by Gasteiger charge is -2.16. The van der Waals surface area contributed by atoms with Crippen molar-refractivity contribution in [3.05, 3.63) is 51.1 Å². The summed E-state index contributed by atoms with van der Waals surface area (Å²) in [6.07, 6.45) is 0. The van der Waals surface area contributed by atoms with Crippen LogP contribution >= 0.6 is 11.3 Å². The van der Waals surface area contributed by atoms with E-state index in [4.69, 9.17) is 0 Å². The van der Waals surface area contributed by atoms with Gasteiger partial charge in [0.15, 0.2) is 0 Å². The van der Waals surface area contributed by atoms with Gasteiger partial charge in [0.05, 0.1) is 10.9 Å². The lowest BCUT2D eigenvalue weighted by atomic mass is 10.1. The van der Waals surface area contributed by atoms with E-state index in [-0.39, 0.29) is 22.6 Å². The number of aromatic carboxylic acids is 1. The molecule has 6 heteroatoms. The molecule has 0 atom stereocenters. The Balaban J connectivity index is 2.39. The van der Waals surface area contributed by atoms with Crippen molar-refractivity contribution in [2.45, 2.75) is 26.8 Å². The first-order chi connectivity index (χ1) is 10.9. The van der Waals surface area contributed by atoms with Crippen molar-refractivity contribution in [3.63, 3.8) is 0 Å². The summed E-state index contributed by atoms with van der Waals surface area (Å²) in [7, 11) is 0. The third-order valence-electron chi connectivity index (χ3n) is 3.70. The number of carboxylic acid groups (broad SMARTS) is 1. The lowest BCUT2D eigenvalue weighted by Crippen LogP contribution is -2.25. The highest BCUT2D eigenvalue weighted by Gasteiger charge is 2.21. The highest BCUT2D eigenvalue weighted by molar-refractivity contribution is 7.17. The first-order valence-corrected chi connectivity index (χ1v) is 8.12. The molecule has 0 bridgehead atoms. The second-order valence-corrected chi connectivity index (χ2v) is 6.56. The predicted octanol–water partition coefficient (Wildman–Crippen LogP) is 3.71. The van der Waals surface area contributed by atoms with Crippen molar-refractivity contribution < 1.29 is 9.90 Å². The maximum absolute atomic E-state index is 12.9. The molecule has 0 unspecified atom stereocenters. The van der Waals surface area contributed by atoms with Gasteiger partial charge in [0.25, 0.3) is 5.56 Å². The molecular weight excluding hydrogens is 312 g/mol. The molecule has 1 aromatic carbocycles. The van der Waals surface area contributed by atoms with Gasteiger partial charge in [-0.15, -0.1) is 11.3 Å². The van der Waals surface area contributed by atoms with E-state index >= 15 is 0 Å². The Kier molecular flexibility index (Phi) is 3.77. The Morgan fingerprint density at radius 1 is 1.26 bits per heavy atom. The molecular formula is C17H16N2O3S. The van der Waals surface area contributed by atoms with Crippen LogP contribution in [-0.2, 0) is 0 Å². The van der Waals surface area contributed by atoms with E-state index in [0.29, 0.717) is 10.7 Å². The number of fused-ring (bicyclic) bond motifs is 1. The minimum absolute atomic E-state index is 0.0207. The van der Waals surface area contributed by atoms with E-state index in [1.165, 1.54) is 16.7 Å². The quantitative estimate of drug-likeness (QED) is 0.795. The topological polar surface area (TPSA) is 72.2 Å². The first-order valence-electron chi connectivity index (χ1n) is 7.24. The number of nitrogens with zero attached hydrogens (tertiary/aromatic N) is 2. The summed E-state index contributed by atoms with van der Waals surface area (Å²) in [6, 6.07) is 7.65. The molecule has 3 rings (SSSR count). The summed E-state index contributed by atoms with van der Waals surface area (Å²) in [4.78, 5) is 29.3. The minimum Gasteiger partial charge on any atom is -0.478 e. The summed E-state index contributed by atoms with van der Waals surface area (Å²) in [5.41, 5.74) is 1.68. The van der Waals surface area contributed by atoms with Crippen molar-refractivity contribution in [3.8, 4) is 11.4 Å². The van der Waals surface area contributed by atoms with Crippen molar-refractivity contribution in [1.29, 1.82) is 0 Å². The highest BCUT2D eigenvalue weighted by Crippen LogP contribution is 2.27. The van der Waals surface area contributed by atoms with Gasteiger partial charge in [-0.25, -0.2) is 9.78 Å². The zero-order chi connectivity index (χ0) is 16.7. The van der Waals surface area contributed by atoms with Crippen LogP contribution in [0.4, 0.5) is 0 Å². The summed E-state index contributed by atoms with van der Waals surface area (Å²) in [6.45, 7) is 5.77. The maximum Gasteiger partial charge on any atom is 0.337 e. The number of aromatic nitrogens is 2. The van der Waals surface area contributed by atoms with Gasteiger partial charge in [0, 0.05) is 17.0 Å². The zero-order valence-electron chi connectivity index (χ0n) is 13.0. The molecule has 3 aromatic rings. The molecule has 0 radical (unpaired) electrons. The monoisotopic (exact) mass is 328 g/mol. The molecule has 0 aliphatic rings. The Morgan fingerprint density at radius 3 is 2.48 bits per heavy atom. The Hall–Kier alpha value is -2.47. The highest BCUT2D eigenvalue weighted by atomic mass is 32.1. The fourth-order valence-corrected chi connectivity index (χ4v) is 3.45. The van der Waals surface area contributed by atoms with Crippen LogP contribution in [0, 0.1) is 6.92 Å². The van der Waals surface area contributed by atoms with Crippen LogP contribution in [0.5, 0.6) is 0 Å². The normalized spacial score (nSPS) is 11.3. The number of hydrogen-bond acceptors (Lipinski definition) is 4. The molecule has 5 nitrogen and oxygen atoms in total. The van der Waals surface area contributed by atoms with Crippen LogP contribution in [0.2, 0.25) is 0 Å². The molecule has 0 spiro atoms. The molecule has 2 aromatic heterocycles. The summed E-state index contributed by atoms with van der Waals surface area (Å²) < 4.78 is 1.56. The number of carboxylic acids is 1. The molecule has 118 valence electrons. The van der Waals surface area contributed by atoms with Crippen LogP contribution in [0.25, 0.3) is 21.6 Å². The smallest absolute Gasteiger partial charge is 0.337 e. The van der Waals surface area contributed by atoms with Gasteiger partial charge in [0.1, 0.15) is 10.7 Å². The second kappa shape index (κ2) is 5.62. The fourth-order valence-electron chi connectivity index (χ4n) is 2.55. The zero-order valence-corrected chi connectivity index (χ0v) is 13.8. The molecule has 1 N–H and O–H groups in total. The molecule has 0 fully saturated rings. The first kappa shape index (κ1) is 15.4. The van der Waals surface area contributed by atoms with Crippen LogP contribution in [-0.4, -0.2) is 20.6 Å². The number of thiophene rings is 1. The summed E-state index contributed by atoms with van der Waals surface area (Å²) >= 11 is 1.18. The second-order valence-electron chi connectivity index (χ2n) is 5.71. The number of aryl methyl sites for hydroxylation is 1. The molecule has 2 heterocycles. The molecule has 0 aliphatic carbocycles.